The molecule has 1 atom stereocenters. The fraction of sp³-hybridized carbons (Fsp3) is 0.588. The number of aromatic nitrogens is 4. The van der Waals surface area contributed by atoms with Crippen LogP contribution in [0.3, 0.4) is 0 Å². The Labute approximate surface area is 147 Å². The summed E-state index contributed by atoms with van der Waals surface area (Å²) in [5.41, 5.74) is 8.43. The zero-order chi connectivity index (χ0) is 17.6. The van der Waals surface area contributed by atoms with E-state index < -0.39 is 0 Å². The van der Waals surface area contributed by atoms with Gasteiger partial charge >= 0.3 is 0 Å². The first kappa shape index (κ1) is 17.6. The topological polar surface area (TPSA) is 103 Å². The van der Waals surface area contributed by atoms with Gasteiger partial charge in [-0.1, -0.05) is 11.6 Å². The summed E-state index contributed by atoms with van der Waals surface area (Å²) in [7, 11) is 0. The Bertz CT molecular complexity index is 730. The van der Waals surface area contributed by atoms with Gasteiger partial charge in [-0.25, -0.2) is 15.0 Å². The molecule has 1 unspecified atom stereocenters. The number of allylic oxidation sites excluding steroid dienone is 1. The minimum Gasteiger partial charge on any atom is -0.365 e. The number of hydrogen-bond acceptors (Lipinski definition) is 7. The first-order chi connectivity index (χ1) is 12.2. The highest BCUT2D eigenvalue weighted by atomic mass is 16.5. The molecule has 1 saturated heterocycles. The first-order valence-electron chi connectivity index (χ1n) is 8.86. The smallest absolute Gasteiger partial charge is 0.207 e. The Balaban J connectivity index is 1.98. The Kier molecular flexibility index (Phi) is 5.83. The van der Waals surface area contributed by atoms with E-state index >= 15 is 0 Å². The second-order valence-corrected chi connectivity index (χ2v) is 6.40. The molecule has 0 aromatic carbocycles. The van der Waals surface area contributed by atoms with E-state index in [1.807, 2.05) is 4.57 Å². The second-order valence-electron chi connectivity index (χ2n) is 6.40. The van der Waals surface area contributed by atoms with Crippen LogP contribution in [0.2, 0.25) is 0 Å². The van der Waals surface area contributed by atoms with Crippen LogP contribution >= 0.6 is 0 Å². The third-order valence-corrected chi connectivity index (χ3v) is 4.13. The molecule has 0 spiro atoms. The lowest BCUT2D eigenvalue weighted by Crippen LogP contribution is -2.22. The van der Waals surface area contributed by atoms with Crippen LogP contribution in [0.1, 0.15) is 39.3 Å². The van der Waals surface area contributed by atoms with E-state index in [9.17, 15) is 0 Å². The number of fused-ring (bicyclic) bond motifs is 1. The van der Waals surface area contributed by atoms with Crippen LogP contribution in [-0.4, -0.2) is 45.8 Å². The molecule has 1 aliphatic heterocycles. The van der Waals surface area contributed by atoms with E-state index in [0.29, 0.717) is 19.6 Å². The Hall–Kier alpha value is -2.19. The van der Waals surface area contributed by atoms with Crippen molar-refractivity contribution < 1.29 is 4.74 Å². The largest absolute Gasteiger partial charge is 0.365 e. The van der Waals surface area contributed by atoms with E-state index in [2.05, 4.69) is 40.5 Å². The first-order valence-corrected chi connectivity index (χ1v) is 8.86. The molecule has 3 heterocycles. The van der Waals surface area contributed by atoms with Crippen LogP contribution in [0, 0.1) is 0 Å². The summed E-state index contributed by atoms with van der Waals surface area (Å²) >= 11 is 0. The molecule has 0 aliphatic carbocycles. The average molecular weight is 345 g/mol. The summed E-state index contributed by atoms with van der Waals surface area (Å²) in [5.74, 6) is 1.46. The van der Waals surface area contributed by atoms with Crippen molar-refractivity contribution in [3.05, 3.63) is 18.0 Å². The maximum absolute atomic E-state index is 5.96. The quantitative estimate of drug-likeness (QED) is 0.661. The number of nitrogens with one attached hydrogen (secondary N) is 2. The van der Waals surface area contributed by atoms with Crippen LogP contribution in [0.5, 0.6) is 0 Å². The van der Waals surface area contributed by atoms with Gasteiger partial charge < -0.3 is 21.1 Å². The normalized spacial score (nSPS) is 17.5. The van der Waals surface area contributed by atoms with Crippen LogP contribution in [0.25, 0.3) is 11.2 Å². The highest BCUT2D eigenvalue weighted by molar-refractivity contribution is 5.85. The number of hydrogen-bond donors (Lipinski definition) is 3. The van der Waals surface area contributed by atoms with Crippen molar-refractivity contribution in [1.82, 2.24) is 19.5 Å². The zero-order valence-electron chi connectivity index (χ0n) is 15.0. The van der Waals surface area contributed by atoms with E-state index in [0.717, 1.165) is 48.8 Å². The summed E-state index contributed by atoms with van der Waals surface area (Å²) in [6, 6.07) is 0. The van der Waals surface area contributed by atoms with Crippen molar-refractivity contribution in [2.45, 2.75) is 39.3 Å². The number of rotatable bonds is 7. The molecule has 0 amide bonds. The van der Waals surface area contributed by atoms with Gasteiger partial charge in [0.25, 0.3) is 0 Å². The Morgan fingerprint density at radius 3 is 2.96 bits per heavy atom. The van der Waals surface area contributed by atoms with Gasteiger partial charge in [-0.15, -0.1) is 0 Å². The standard InChI is InChI=1S/C17H27N7O/c1-12(2)6-8-19-15-14-16(22-11-21-15)24(13-5-3-4-10-25-13)17(23-14)20-9-7-18/h6,11,13H,3-5,7-10,18H2,1-2H3,(H,20,23)(H,19,21,22). The van der Waals surface area contributed by atoms with Crippen LogP contribution in [-0.2, 0) is 4.74 Å². The fourth-order valence-corrected chi connectivity index (χ4v) is 2.90. The summed E-state index contributed by atoms with van der Waals surface area (Å²) in [6.45, 7) is 6.78. The molecule has 2 aromatic heterocycles. The van der Waals surface area contributed by atoms with Crippen molar-refractivity contribution in [3.8, 4) is 0 Å². The van der Waals surface area contributed by atoms with Gasteiger partial charge in [-0.3, -0.25) is 4.57 Å². The van der Waals surface area contributed by atoms with Crippen molar-refractivity contribution >= 4 is 22.9 Å². The molecular weight excluding hydrogens is 318 g/mol. The lowest BCUT2D eigenvalue weighted by molar-refractivity contribution is -0.0285. The van der Waals surface area contributed by atoms with Crippen LogP contribution in [0.4, 0.5) is 11.8 Å². The molecule has 136 valence electrons. The molecule has 1 fully saturated rings. The summed E-state index contributed by atoms with van der Waals surface area (Å²) < 4.78 is 8.00. The SMILES string of the molecule is CC(C)=CCNc1ncnc2c1nc(NCCN)n2C1CCCCO1. The van der Waals surface area contributed by atoms with Gasteiger partial charge in [0.2, 0.25) is 5.95 Å². The predicted molar refractivity (Wildman–Crippen MR) is 99.6 cm³/mol. The minimum atomic E-state index is -0.0560. The van der Waals surface area contributed by atoms with Gasteiger partial charge in [0, 0.05) is 26.2 Å². The lowest BCUT2D eigenvalue weighted by Gasteiger charge is -2.25. The molecule has 8 heteroatoms. The van der Waals surface area contributed by atoms with E-state index in [1.54, 1.807) is 6.33 Å². The molecule has 0 radical (unpaired) electrons. The summed E-state index contributed by atoms with van der Waals surface area (Å²) in [5, 5.41) is 6.61. The van der Waals surface area contributed by atoms with Crippen molar-refractivity contribution in [3.63, 3.8) is 0 Å². The van der Waals surface area contributed by atoms with Gasteiger partial charge in [0.05, 0.1) is 0 Å². The highest BCUT2D eigenvalue weighted by Gasteiger charge is 2.24. The number of imidazole rings is 1. The van der Waals surface area contributed by atoms with Crippen LogP contribution < -0.4 is 16.4 Å². The summed E-state index contributed by atoms with van der Waals surface area (Å²) in [6.07, 6.45) is 6.81. The molecule has 25 heavy (non-hydrogen) atoms. The van der Waals surface area contributed by atoms with Crippen LogP contribution in [0.15, 0.2) is 18.0 Å². The fourth-order valence-electron chi connectivity index (χ4n) is 2.90. The molecule has 3 rings (SSSR count). The number of anilines is 2. The van der Waals surface area contributed by atoms with Crippen molar-refractivity contribution in [1.29, 1.82) is 0 Å². The average Bonchev–Trinajstić information content (AvgIpc) is 2.99. The molecule has 2 aromatic rings. The molecule has 8 nitrogen and oxygen atoms in total. The lowest BCUT2D eigenvalue weighted by atomic mass is 10.2. The molecule has 4 N–H and O–H groups in total. The molecular formula is C17H27N7O. The number of nitrogens with zero attached hydrogens (tertiary/aromatic N) is 4. The van der Waals surface area contributed by atoms with Crippen molar-refractivity contribution in [2.24, 2.45) is 5.73 Å². The zero-order valence-corrected chi connectivity index (χ0v) is 15.0. The van der Waals surface area contributed by atoms with E-state index in [-0.39, 0.29) is 6.23 Å². The minimum absolute atomic E-state index is 0.0560. The molecule has 0 saturated carbocycles. The van der Waals surface area contributed by atoms with Gasteiger partial charge in [-0.2, -0.15) is 0 Å². The maximum Gasteiger partial charge on any atom is 0.207 e. The van der Waals surface area contributed by atoms with Gasteiger partial charge in [0.15, 0.2) is 17.0 Å². The third kappa shape index (κ3) is 4.08. The highest BCUT2D eigenvalue weighted by Crippen LogP contribution is 2.31. The van der Waals surface area contributed by atoms with Crippen molar-refractivity contribution in [2.75, 3.05) is 36.9 Å². The van der Waals surface area contributed by atoms with E-state index in [4.69, 9.17) is 15.5 Å². The monoisotopic (exact) mass is 345 g/mol. The number of ether oxygens (including phenoxy) is 1. The van der Waals surface area contributed by atoms with Gasteiger partial charge in [-0.05, 0) is 33.1 Å². The third-order valence-electron chi connectivity index (χ3n) is 4.13. The second kappa shape index (κ2) is 8.26. The summed E-state index contributed by atoms with van der Waals surface area (Å²) in [4.78, 5) is 13.6. The Morgan fingerprint density at radius 2 is 2.24 bits per heavy atom. The van der Waals surface area contributed by atoms with E-state index in [1.165, 1.54) is 5.57 Å². The van der Waals surface area contributed by atoms with Gasteiger partial charge in [0.1, 0.15) is 12.6 Å². The number of nitrogens with two attached hydrogens (primary N) is 1. The molecule has 1 aliphatic rings. The molecule has 0 bridgehead atoms. The Morgan fingerprint density at radius 1 is 1.36 bits per heavy atom. The maximum atomic E-state index is 5.96. The predicted octanol–water partition coefficient (Wildman–Crippen LogP) is 2.27.